The summed E-state index contributed by atoms with van der Waals surface area (Å²) in [7, 11) is 1.64. The van der Waals surface area contributed by atoms with E-state index in [1.54, 1.807) is 7.11 Å². The summed E-state index contributed by atoms with van der Waals surface area (Å²) in [6.45, 7) is 0. The highest BCUT2D eigenvalue weighted by Crippen LogP contribution is 2.40. The molecule has 0 aromatic heterocycles. The van der Waals surface area contributed by atoms with Crippen molar-refractivity contribution in [2.24, 2.45) is 0 Å². The van der Waals surface area contributed by atoms with E-state index >= 15 is 0 Å². The number of hydrogen-bond donors (Lipinski definition) is 0. The van der Waals surface area contributed by atoms with Gasteiger partial charge in [0, 0.05) is 0 Å². The molecule has 0 saturated heterocycles. The average Bonchev–Trinajstić information content (AvgIpc) is 2.65. The minimum Gasteiger partial charge on any atom is -0.489 e. The van der Waals surface area contributed by atoms with E-state index in [1.165, 1.54) is 0 Å². The van der Waals surface area contributed by atoms with Crippen LogP contribution in [0.3, 0.4) is 0 Å². The van der Waals surface area contributed by atoms with Gasteiger partial charge in [-0.2, -0.15) is 0 Å². The van der Waals surface area contributed by atoms with Gasteiger partial charge in [-0.15, -0.1) is 0 Å². The summed E-state index contributed by atoms with van der Waals surface area (Å²) in [4.78, 5) is 0. The van der Waals surface area contributed by atoms with Gasteiger partial charge in [0.25, 0.3) is 0 Å². The van der Waals surface area contributed by atoms with Crippen molar-refractivity contribution in [1.82, 2.24) is 0 Å². The molecule has 23 heavy (non-hydrogen) atoms. The number of benzene rings is 3. The number of methoxy groups -OCH3 is 1. The second-order valence-corrected chi connectivity index (χ2v) is 5.71. The van der Waals surface area contributed by atoms with Crippen molar-refractivity contribution < 1.29 is 4.74 Å². The topological polar surface area (TPSA) is 9.23 Å². The molecule has 0 saturated carbocycles. The van der Waals surface area contributed by atoms with Gasteiger partial charge in [-0.05, 0) is 28.9 Å². The van der Waals surface area contributed by atoms with Crippen LogP contribution in [0.15, 0.2) is 91.0 Å². The van der Waals surface area contributed by atoms with Crippen LogP contribution in [0.25, 0.3) is 0 Å². The summed E-state index contributed by atoms with van der Waals surface area (Å²) < 4.78 is 5.61. The summed E-state index contributed by atoms with van der Waals surface area (Å²) in [5, 5.41) is 0.543. The summed E-state index contributed by atoms with van der Waals surface area (Å²) in [6.07, 6.45) is 0. The SMILES string of the molecule is COC(=S)C(c1ccccc1)(c1ccccc1)c1ccccc1. The van der Waals surface area contributed by atoms with E-state index in [9.17, 15) is 0 Å². The Morgan fingerprint density at radius 1 is 0.652 bits per heavy atom. The monoisotopic (exact) mass is 318 g/mol. The molecule has 3 aromatic carbocycles. The summed E-state index contributed by atoms with van der Waals surface area (Å²) >= 11 is 5.71. The predicted octanol–water partition coefficient (Wildman–Crippen LogP) is 4.99. The van der Waals surface area contributed by atoms with Crippen LogP contribution in [-0.2, 0) is 10.2 Å². The van der Waals surface area contributed by atoms with Crippen LogP contribution < -0.4 is 0 Å². The second-order valence-electron chi connectivity index (χ2n) is 5.34. The van der Waals surface area contributed by atoms with Crippen molar-refractivity contribution in [3.8, 4) is 0 Å². The summed E-state index contributed by atoms with van der Waals surface area (Å²) in [5.74, 6) is 0. The molecule has 2 heteroatoms. The predicted molar refractivity (Wildman–Crippen MR) is 98.8 cm³/mol. The van der Waals surface area contributed by atoms with E-state index in [2.05, 4.69) is 36.4 Å². The average molecular weight is 318 g/mol. The highest BCUT2D eigenvalue weighted by molar-refractivity contribution is 7.80. The molecule has 0 bridgehead atoms. The number of hydrogen-bond acceptors (Lipinski definition) is 2. The Hall–Kier alpha value is -2.45. The van der Waals surface area contributed by atoms with Gasteiger partial charge in [0.2, 0.25) is 0 Å². The Bertz CT molecular complexity index is 670. The molecule has 0 radical (unpaired) electrons. The number of ether oxygens (including phenoxy) is 1. The van der Waals surface area contributed by atoms with Gasteiger partial charge in [0.1, 0.15) is 5.41 Å². The van der Waals surface area contributed by atoms with E-state index in [1.807, 2.05) is 54.6 Å². The third kappa shape index (κ3) is 2.66. The minimum absolute atomic E-state index is 0.543. The minimum atomic E-state index is -0.603. The van der Waals surface area contributed by atoms with E-state index in [4.69, 9.17) is 17.0 Å². The quantitative estimate of drug-likeness (QED) is 0.495. The fourth-order valence-electron chi connectivity index (χ4n) is 3.07. The zero-order valence-corrected chi connectivity index (χ0v) is 13.8. The second kappa shape index (κ2) is 6.76. The molecule has 114 valence electrons. The molecule has 3 aromatic rings. The van der Waals surface area contributed by atoms with Crippen molar-refractivity contribution in [2.45, 2.75) is 5.41 Å². The van der Waals surface area contributed by atoms with Crippen molar-refractivity contribution in [1.29, 1.82) is 0 Å². The molecule has 1 nitrogen and oxygen atoms in total. The van der Waals surface area contributed by atoms with Crippen molar-refractivity contribution in [3.05, 3.63) is 108 Å². The first kappa shape index (κ1) is 15.4. The van der Waals surface area contributed by atoms with E-state index in [-0.39, 0.29) is 0 Å². The van der Waals surface area contributed by atoms with Gasteiger partial charge in [0.15, 0.2) is 5.05 Å². The molecule has 0 atom stereocenters. The third-order valence-electron chi connectivity index (χ3n) is 4.11. The molecule has 0 amide bonds. The van der Waals surface area contributed by atoms with Gasteiger partial charge in [-0.3, -0.25) is 0 Å². The first-order valence-corrected chi connectivity index (χ1v) is 7.96. The zero-order chi connectivity index (χ0) is 16.1. The highest BCUT2D eigenvalue weighted by Gasteiger charge is 2.41. The lowest BCUT2D eigenvalue weighted by Crippen LogP contribution is -2.38. The van der Waals surface area contributed by atoms with E-state index < -0.39 is 5.41 Å². The fraction of sp³-hybridized carbons (Fsp3) is 0.0952. The molecule has 0 aliphatic heterocycles. The maximum Gasteiger partial charge on any atom is 0.178 e. The first-order valence-electron chi connectivity index (χ1n) is 7.55. The lowest BCUT2D eigenvalue weighted by atomic mass is 9.70. The Morgan fingerprint density at radius 3 is 1.22 bits per heavy atom. The summed E-state index contributed by atoms with van der Waals surface area (Å²) in [6, 6.07) is 30.9. The van der Waals surface area contributed by atoms with Gasteiger partial charge < -0.3 is 4.74 Å². The molecular weight excluding hydrogens is 300 g/mol. The molecule has 0 aliphatic carbocycles. The van der Waals surface area contributed by atoms with Crippen molar-refractivity contribution in [3.63, 3.8) is 0 Å². The molecular formula is C21H18OS. The molecule has 0 aliphatic rings. The number of rotatable bonds is 4. The zero-order valence-electron chi connectivity index (χ0n) is 13.0. The molecule has 0 heterocycles. The smallest absolute Gasteiger partial charge is 0.178 e. The fourth-order valence-corrected chi connectivity index (χ4v) is 3.42. The Morgan fingerprint density at radius 2 is 0.957 bits per heavy atom. The largest absolute Gasteiger partial charge is 0.489 e. The van der Waals surface area contributed by atoms with Gasteiger partial charge in [0.05, 0.1) is 7.11 Å². The van der Waals surface area contributed by atoms with Crippen molar-refractivity contribution in [2.75, 3.05) is 7.11 Å². The molecule has 0 N–H and O–H groups in total. The maximum absolute atomic E-state index is 5.71. The van der Waals surface area contributed by atoms with Crippen LogP contribution in [0, 0.1) is 0 Å². The Kier molecular flexibility index (Phi) is 4.54. The van der Waals surface area contributed by atoms with Crippen LogP contribution in [0.2, 0.25) is 0 Å². The molecule has 0 spiro atoms. The van der Waals surface area contributed by atoms with Crippen LogP contribution in [-0.4, -0.2) is 12.2 Å². The molecule has 0 unspecified atom stereocenters. The first-order chi connectivity index (χ1) is 11.3. The van der Waals surface area contributed by atoms with Gasteiger partial charge in [-0.25, -0.2) is 0 Å². The normalized spacial score (nSPS) is 11.0. The maximum atomic E-state index is 5.71. The summed E-state index contributed by atoms with van der Waals surface area (Å²) in [5.41, 5.74) is 2.70. The number of thiocarbonyl (C=S) groups is 1. The standard InChI is InChI=1S/C21H18OS/c1-22-20(23)21(17-11-5-2-6-12-17,18-13-7-3-8-14-18)19-15-9-4-10-16-19/h2-16H,1H3. The Labute approximate surface area is 142 Å². The van der Waals surface area contributed by atoms with Crippen LogP contribution in [0.4, 0.5) is 0 Å². The Balaban J connectivity index is 2.38. The molecule has 0 fully saturated rings. The van der Waals surface area contributed by atoms with Crippen LogP contribution in [0.1, 0.15) is 16.7 Å². The van der Waals surface area contributed by atoms with Gasteiger partial charge in [-0.1, -0.05) is 91.0 Å². The van der Waals surface area contributed by atoms with Crippen LogP contribution >= 0.6 is 12.2 Å². The van der Waals surface area contributed by atoms with Crippen molar-refractivity contribution >= 4 is 17.3 Å². The lowest BCUT2D eigenvalue weighted by molar-refractivity contribution is 0.385. The highest BCUT2D eigenvalue weighted by atomic mass is 32.1. The van der Waals surface area contributed by atoms with Crippen LogP contribution in [0.5, 0.6) is 0 Å². The van der Waals surface area contributed by atoms with E-state index in [0.29, 0.717) is 5.05 Å². The molecule has 3 rings (SSSR count). The third-order valence-corrected chi connectivity index (χ3v) is 4.58. The van der Waals surface area contributed by atoms with Gasteiger partial charge >= 0.3 is 0 Å². The lowest BCUT2D eigenvalue weighted by Gasteiger charge is -2.35. The van der Waals surface area contributed by atoms with E-state index in [0.717, 1.165) is 16.7 Å².